The number of anilines is 1. The molecule has 18 nitrogen and oxygen atoms in total. The van der Waals surface area contributed by atoms with Crippen molar-refractivity contribution in [2.45, 2.75) is 219 Å². The highest BCUT2D eigenvalue weighted by molar-refractivity contribution is 6.34. The van der Waals surface area contributed by atoms with Gasteiger partial charge in [0, 0.05) is 75.3 Å². The van der Waals surface area contributed by atoms with Crippen LogP contribution in [0.4, 0.5) is 5.82 Å². The van der Waals surface area contributed by atoms with Crippen LogP contribution in [0.3, 0.4) is 0 Å². The molecule has 1 saturated heterocycles. The standard InChI is InChI=1S/C79H85N7O11/c1-39-24-49-57(53(88)25-39)63(91)59-54-29-47-46(58(59)62(49)90)13-23-82-70(47)83-35-56(89)77-37-73(16-6-7-17-73)33-51(77)48-30-55(86-61(48)50-32-78(96-54)67(93)64(92)68(94)79(97-78)60(50)52(77)34-74(71(79)95)21-20-72(36-74)14-4-5-15-72)76-18-3-2-8-42(76)31-75(65-66(76)85-38-84-65)19-11-44(87)28-43(75)27-40-9-10-45-41(26-40)12-22-81-69(45)80/h9-10,12-13,22-26,29-30,32,38,42-43,51,56,64,67-69,71,81,86,88-89,92-95H,2-8,11,14-21,27-28,31,33-37,80H2,1H3,(H,82,83)(H,84,85)/t42-,43+,51+,56-,64+,67+,68-,69+,71-,74+,75+,76-,77-,78+,79-/m0/s1. The van der Waals surface area contributed by atoms with Crippen LogP contribution in [0.1, 0.15) is 236 Å². The van der Waals surface area contributed by atoms with Gasteiger partial charge >= 0.3 is 0 Å². The van der Waals surface area contributed by atoms with Gasteiger partial charge in [0.15, 0.2) is 17.5 Å². The van der Waals surface area contributed by atoms with E-state index in [1.807, 2.05) is 12.5 Å². The number of aliphatic hydroxyl groups excluding tert-OH is 5. The predicted molar refractivity (Wildman–Crippen MR) is 359 cm³/mol. The summed E-state index contributed by atoms with van der Waals surface area (Å²) in [7, 11) is 0. The number of carbonyl (C=O) groups is 3. The molecule has 5 aliphatic heterocycles. The van der Waals surface area contributed by atoms with E-state index in [1.54, 1.807) is 37.4 Å². The summed E-state index contributed by atoms with van der Waals surface area (Å²) in [5.41, 5.74) is 10.8. The quantitative estimate of drug-likeness (QED) is 0.0784. The first kappa shape index (κ1) is 59.7. The molecule has 0 amide bonds. The van der Waals surface area contributed by atoms with Gasteiger partial charge < -0.3 is 66.4 Å². The number of aryl methyl sites for hydroxylation is 1. The van der Waals surface area contributed by atoms with Crippen molar-refractivity contribution in [3.05, 3.63) is 157 Å². The number of nitrogens with two attached hydrogens (primary N) is 1. The number of hydrogen-bond donors (Lipinski definition) is 11. The van der Waals surface area contributed by atoms with Gasteiger partial charge in [0.2, 0.25) is 5.78 Å². The number of pyridine rings is 1. The summed E-state index contributed by atoms with van der Waals surface area (Å²) in [6, 6.07) is 15.2. The van der Waals surface area contributed by atoms with Crippen LogP contribution in [0.25, 0.3) is 22.4 Å². The van der Waals surface area contributed by atoms with Crippen molar-refractivity contribution in [2.75, 3.05) is 11.9 Å². The Morgan fingerprint density at radius 1 is 0.784 bits per heavy atom. The highest BCUT2D eigenvalue weighted by Gasteiger charge is 2.77. The Morgan fingerprint density at radius 3 is 2.43 bits per heavy atom. The van der Waals surface area contributed by atoms with Gasteiger partial charge in [-0.15, -0.1) is 0 Å². The molecule has 21 rings (SSSR count). The van der Waals surface area contributed by atoms with E-state index in [0.717, 1.165) is 141 Å². The van der Waals surface area contributed by atoms with Crippen LogP contribution in [-0.2, 0) is 26.8 Å². The number of carbonyl (C=O) groups excluding carboxylic acids is 3. The number of nitrogens with one attached hydrogen (secondary N) is 4. The minimum absolute atomic E-state index is 0.00963. The van der Waals surface area contributed by atoms with E-state index >= 15 is 9.59 Å². The smallest absolute Gasteiger partial charge is 0.261 e. The van der Waals surface area contributed by atoms with Gasteiger partial charge in [-0.2, -0.15) is 0 Å². The molecule has 3 aromatic heterocycles. The van der Waals surface area contributed by atoms with Gasteiger partial charge in [-0.1, -0.05) is 62.3 Å². The number of nitrogens with zero attached hydrogens (tertiary/aromatic N) is 2. The molecule has 6 saturated carbocycles. The number of fused-ring (bicyclic) bond motifs is 12. The van der Waals surface area contributed by atoms with Gasteiger partial charge in [-0.05, 0) is 219 Å². The normalized spacial score (nSPS) is 37.9. The summed E-state index contributed by atoms with van der Waals surface area (Å²) >= 11 is 0. The Balaban J connectivity index is 0.848. The molecule has 8 heterocycles. The molecule has 3 aromatic carbocycles. The number of ether oxygens (including phenoxy) is 2. The fourth-order valence-corrected chi connectivity index (χ4v) is 24.7. The predicted octanol–water partition coefficient (Wildman–Crippen LogP) is 10.4. The third kappa shape index (κ3) is 7.58. The number of benzene rings is 3. The average molecular weight is 1310 g/mol. The number of H-pyrrole nitrogens is 2. The van der Waals surface area contributed by atoms with Crippen LogP contribution < -0.4 is 21.1 Å². The molecule has 7 fully saturated rings. The van der Waals surface area contributed by atoms with Gasteiger partial charge in [-0.25, -0.2) is 9.97 Å². The maximum atomic E-state index is 15.7. The summed E-state index contributed by atoms with van der Waals surface area (Å²) in [4.78, 5) is 63.6. The van der Waals surface area contributed by atoms with E-state index in [9.17, 15) is 35.4 Å². The number of phenols is 1. The lowest BCUT2D eigenvalue weighted by atomic mass is 9.47. The lowest BCUT2D eigenvalue weighted by molar-refractivity contribution is -0.366. The van der Waals surface area contributed by atoms with Crippen molar-refractivity contribution in [3.63, 3.8) is 0 Å². The zero-order chi connectivity index (χ0) is 65.9. The Kier molecular flexibility index (Phi) is 12.3. The largest absolute Gasteiger partial charge is 0.507 e. The van der Waals surface area contributed by atoms with Crippen molar-refractivity contribution < 1.29 is 54.5 Å². The third-order valence-corrected chi connectivity index (χ3v) is 28.7. The molecule has 10 aliphatic carbocycles. The summed E-state index contributed by atoms with van der Waals surface area (Å²) in [5.74, 6) is -4.13. The number of ketones is 3. The summed E-state index contributed by atoms with van der Waals surface area (Å²) < 4.78 is 15.3. The number of aromatic amines is 2. The second-order valence-corrected chi connectivity index (χ2v) is 33.2. The number of aromatic nitrogens is 4. The Bertz CT molecular complexity index is 4610. The van der Waals surface area contributed by atoms with Gasteiger partial charge in [0.05, 0.1) is 46.5 Å². The topological polar surface area (TPSA) is 298 Å². The number of rotatable bonds is 3. The molecule has 0 radical (unpaired) electrons. The Morgan fingerprint density at radius 2 is 1.60 bits per heavy atom. The molecule has 8 bridgehead atoms. The fraction of sp³-hybridized carbons (Fsp3) is 0.532. The molecule has 15 atom stereocenters. The van der Waals surface area contributed by atoms with Crippen LogP contribution in [0, 0.1) is 40.4 Å². The van der Waals surface area contributed by atoms with Gasteiger partial charge in [-0.3, -0.25) is 14.4 Å². The molecule has 0 unspecified atom stereocenters. The third-order valence-electron chi connectivity index (χ3n) is 28.7. The van der Waals surface area contributed by atoms with E-state index in [2.05, 4.69) is 50.9 Å². The zero-order valence-electron chi connectivity index (χ0n) is 54.9. The zero-order valence-corrected chi connectivity index (χ0v) is 54.9. The summed E-state index contributed by atoms with van der Waals surface area (Å²) in [5, 5.41) is 88.7. The maximum absolute atomic E-state index is 15.7. The van der Waals surface area contributed by atoms with E-state index in [1.165, 1.54) is 6.07 Å². The maximum Gasteiger partial charge on any atom is 0.261 e. The molecule has 18 heteroatoms. The molecule has 6 aromatic rings. The number of Topliss-reactive ketones (excluding diaryl/α,β-unsaturated/α-hetero) is 1. The first-order valence-electron chi connectivity index (χ1n) is 36.3. The van der Waals surface area contributed by atoms with Crippen molar-refractivity contribution in [2.24, 2.45) is 39.2 Å². The van der Waals surface area contributed by atoms with E-state index in [4.69, 9.17) is 25.2 Å². The molecule has 7 spiro atoms. The van der Waals surface area contributed by atoms with Crippen LogP contribution in [0.2, 0.25) is 0 Å². The molecule has 12 N–H and O–H groups in total. The number of aliphatic hydroxyl groups is 5. The monoisotopic (exact) mass is 1310 g/mol. The summed E-state index contributed by atoms with van der Waals surface area (Å²) in [6.07, 6.45) is 18.7. The number of imidazole rings is 1. The minimum atomic E-state index is -2.52. The highest BCUT2D eigenvalue weighted by atomic mass is 16.7. The first-order chi connectivity index (χ1) is 46.8. The molecule has 15 aliphatic rings. The van der Waals surface area contributed by atoms with Crippen molar-refractivity contribution in [1.29, 1.82) is 0 Å². The van der Waals surface area contributed by atoms with Crippen molar-refractivity contribution >= 4 is 45.6 Å². The molecule has 97 heavy (non-hydrogen) atoms. The van der Waals surface area contributed by atoms with Gasteiger partial charge in [0.25, 0.3) is 5.79 Å². The minimum Gasteiger partial charge on any atom is -0.507 e. The first-order valence-corrected chi connectivity index (χ1v) is 36.3. The van der Waals surface area contributed by atoms with Crippen LogP contribution in [0.15, 0.2) is 84.5 Å². The Hall–Kier alpha value is -7.29. The average Bonchev–Trinajstić information content (AvgIpc) is 1.59. The fourth-order valence-electron chi connectivity index (χ4n) is 24.7. The number of hydrogen-bond acceptors (Lipinski definition) is 16. The lowest BCUT2D eigenvalue weighted by Crippen LogP contribution is -2.79. The molecular formula is C79H85N7O11. The van der Waals surface area contributed by atoms with Crippen LogP contribution in [-0.4, -0.2) is 116 Å². The van der Waals surface area contributed by atoms with Crippen LogP contribution >= 0.6 is 0 Å². The second-order valence-electron chi connectivity index (χ2n) is 33.2. The number of aromatic hydroxyl groups is 1. The number of phenolic OH excluding ortho intramolecular Hbond substituents is 1. The Labute approximate surface area is 562 Å². The SMILES string of the molecule is Cc1cc(O)c2c(c1)C(=O)c1c(c3cc4c(nccc14)NC[C@H](O)[C@@]14CC5(CCCC5)C[C@@H]1c1cc([C@]56CCCC[C@H]5C[C@@]5(CCC(=O)C[C@H]5Cc5ccc7c(c5)C=CN[C@H]7N)c5nc[nH]c56)[nH]c1C1=C[C@@]5(O3)O[C@@]3(C1=C4C[C@@]1(CCC4(CCCC4)C1)[C@@H]3O)[C@@H](O)[C@H](O)[C@H]5O)C2=O. The van der Waals surface area contributed by atoms with Crippen LogP contribution in [0.5, 0.6) is 11.5 Å². The van der Waals surface area contributed by atoms with E-state index < -0.39 is 75.1 Å². The highest BCUT2D eigenvalue weighted by Crippen LogP contribution is 2.77. The second kappa shape index (κ2) is 20.0. The van der Waals surface area contributed by atoms with E-state index in [-0.39, 0.29) is 80.8 Å². The molecule has 502 valence electrons. The lowest BCUT2D eigenvalue weighted by Gasteiger charge is -2.64. The molecular weight excluding hydrogens is 1220 g/mol. The summed E-state index contributed by atoms with van der Waals surface area (Å²) in [6.45, 7) is 1.73. The van der Waals surface area contributed by atoms with Crippen molar-refractivity contribution in [3.8, 4) is 11.5 Å². The van der Waals surface area contributed by atoms with E-state index in [0.29, 0.717) is 90.4 Å². The van der Waals surface area contributed by atoms with Crippen molar-refractivity contribution in [1.82, 2.24) is 25.3 Å². The van der Waals surface area contributed by atoms with Gasteiger partial charge in [0.1, 0.15) is 41.5 Å².